The second-order valence-electron chi connectivity index (χ2n) is 6.77. The minimum atomic E-state index is 0.420. The van der Waals surface area contributed by atoms with Crippen LogP contribution in [-0.4, -0.2) is 22.4 Å². The molecule has 0 radical (unpaired) electrons. The van der Waals surface area contributed by atoms with Gasteiger partial charge in [0.15, 0.2) is 6.54 Å². The lowest BCUT2D eigenvalue weighted by atomic mass is 10.1. The first kappa shape index (κ1) is 18.4. The molecule has 1 N–H and O–H groups in total. The number of nitrogens with one attached hydrogen (secondary N) is 1. The number of aromatic nitrogens is 3. The summed E-state index contributed by atoms with van der Waals surface area (Å²) in [6.07, 6.45) is 0. The molecule has 0 spiro atoms. The van der Waals surface area contributed by atoms with Crippen molar-refractivity contribution < 1.29 is 13.8 Å². The average molecular weight is 396 g/mol. The van der Waals surface area contributed by atoms with E-state index in [-0.39, 0.29) is 0 Å². The molecule has 1 atom stereocenters. The van der Waals surface area contributed by atoms with Gasteiger partial charge >= 0.3 is 0 Å². The van der Waals surface area contributed by atoms with E-state index in [9.17, 15) is 0 Å². The fourth-order valence-electron chi connectivity index (χ4n) is 3.16. The van der Waals surface area contributed by atoms with Gasteiger partial charge in [0.25, 0.3) is 11.8 Å². The summed E-state index contributed by atoms with van der Waals surface area (Å²) in [5, 5.41) is 13.4. The van der Waals surface area contributed by atoms with E-state index in [1.165, 1.54) is 4.90 Å². The number of halogens is 1. The van der Waals surface area contributed by atoms with Crippen LogP contribution in [0.25, 0.3) is 22.7 Å². The number of rotatable bonds is 6. The smallest absolute Gasteiger partial charge is 0.271 e. The lowest BCUT2D eigenvalue weighted by molar-refractivity contribution is -0.909. The lowest BCUT2D eigenvalue weighted by Crippen LogP contribution is -3.06. The Kier molecular flexibility index (Phi) is 5.23. The Labute approximate surface area is 167 Å². The van der Waals surface area contributed by atoms with Gasteiger partial charge in [-0.15, -0.1) is 10.2 Å². The zero-order valence-corrected chi connectivity index (χ0v) is 16.4. The van der Waals surface area contributed by atoms with Crippen molar-refractivity contribution in [2.24, 2.45) is 0 Å². The zero-order valence-electron chi connectivity index (χ0n) is 15.6. The summed E-state index contributed by atoms with van der Waals surface area (Å²) in [4.78, 5) is 1.21. The highest BCUT2D eigenvalue weighted by atomic mass is 35.5. The van der Waals surface area contributed by atoms with Crippen molar-refractivity contribution in [3.05, 3.63) is 76.8 Å². The van der Waals surface area contributed by atoms with Crippen molar-refractivity contribution >= 4 is 11.6 Å². The first-order chi connectivity index (χ1) is 13.6. The van der Waals surface area contributed by atoms with E-state index in [0.29, 0.717) is 29.8 Å². The molecule has 0 aliphatic heterocycles. The summed E-state index contributed by atoms with van der Waals surface area (Å²) >= 11 is 6.06. The van der Waals surface area contributed by atoms with E-state index < -0.39 is 0 Å². The summed E-state index contributed by atoms with van der Waals surface area (Å²) in [5.41, 5.74) is 3.54. The molecular formula is C21H20ClN4O2+. The van der Waals surface area contributed by atoms with Gasteiger partial charge in [-0.1, -0.05) is 59.2 Å². The standard InChI is InChI=1S/C21H19ClN4O2/c1-14-19(20(25-28-14)16-8-4-3-5-9-16)21-24-23-18(27-21)13-26(2)12-15-7-6-10-17(22)11-15/h3-11H,12-13H2,1-2H3/p+1. The van der Waals surface area contributed by atoms with Crippen LogP contribution in [0.3, 0.4) is 0 Å². The molecule has 4 rings (SSSR count). The van der Waals surface area contributed by atoms with Crippen molar-refractivity contribution in [2.75, 3.05) is 7.05 Å². The molecule has 2 heterocycles. The fourth-order valence-corrected chi connectivity index (χ4v) is 3.37. The van der Waals surface area contributed by atoms with E-state index in [2.05, 4.69) is 28.5 Å². The largest absolute Gasteiger partial charge is 0.415 e. The van der Waals surface area contributed by atoms with E-state index in [1.54, 1.807) is 0 Å². The van der Waals surface area contributed by atoms with E-state index in [0.717, 1.165) is 28.3 Å². The number of benzene rings is 2. The van der Waals surface area contributed by atoms with E-state index in [4.69, 9.17) is 20.5 Å². The highest BCUT2D eigenvalue weighted by molar-refractivity contribution is 6.30. The number of hydrogen-bond acceptors (Lipinski definition) is 5. The van der Waals surface area contributed by atoms with Gasteiger partial charge in [-0.05, 0) is 19.1 Å². The van der Waals surface area contributed by atoms with Crippen LogP contribution in [0.15, 0.2) is 63.5 Å². The molecule has 0 amide bonds. The summed E-state index contributed by atoms with van der Waals surface area (Å²) in [6.45, 7) is 3.25. The molecule has 0 bridgehead atoms. The van der Waals surface area contributed by atoms with Crippen LogP contribution in [-0.2, 0) is 13.1 Å². The first-order valence-electron chi connectivity index (χ1n) is 9.00. The molecule has 0 aliphatic carbocycles. The number of hydrogen-bond donors (Lipinski definition) is 1. The third kappa shape index (κ3) is 3.98. The monoisotopic (exact) mass is 395 g/mol. The quantitative estimate of drug-likeness (QED) is 0.540. The van der Waals surface area contributed by atoms with Crippen LogP contribution in [0.4, 0.5) is 0 Å². The number of aryl methyl sites for hydroxylation is 1. The zero-order chi connectivity index (χ0) is 19.5. The topological polar surface area (TPSA) is 69.4 Å². The molecule has 4 aromatic rings. The third-order valence-electron chi connectivity index (χ3n) is 4.44. The van der Waals surface area contributed by atoms with Gasteiger partial charge in [-0.3, -0.25) is 0 Å². The van der Waals surface area contributed by atoms with Gasteiger partial charge < -0.3 is 13.8 Å². The summed E-state index contributed by atoms with van der Waals surface area (Å²) < 4.78 is 11.3. The second-order valence-corrected chi connectivity index (χ2v) is 7.21. The van der Waals surface area contributed by atoms with Crippen LogP contribution in [0, 0.1) is 6.92 Å². The minimum Gasteiger partial charge on any atom is -0.415 e. The number of quaternary nitrogens is 1. The Balaban J connectivity index is 1.53. The maximum absolute atomic E-state index is 6.06. The van der Waals surface area contributed by atoms with Crippen molar-refractivity contribution in [2.45, 2.75) is 20.0 Å². The van der Waals surface area contributed by atoms with Gasteiger partial charge in [-0.2, -0.15) is 0 Å². The molecule has 0 aliphatic rings. The minimum absolute atomic E-state index is 0.420. The van der Waals surface area contributed by atoms with Crippen LogP contribution in [0.5, 0.6) is 0 Å². The molecule has 28 heavy (non-hydrogen) atoms. The molecule has 142 valence electrons. The molecule has 2 aromatic carbocycles. The number of nitrogens with zero attached hydrogens (tertiary/aromatic N) is 3. The molecule has 0 fully saturated rings. The van der Waals surface area contributed by atoms with Crippen LogP contribution in [0.2, 0.25) is 5.02 Å². The van der Waals surface area contributed by atoms with Crippen molar-refractivity contribution in [1.82, 2.24) is 15.4 Å². The third-order valence-corrected chi connectivity index (χ3v) is 4.67. The van der Waals surface area contributed by atoms with Crippen LogP contribution < -0.4 is 4.90 Å². The molecular weight excluding hydrogens is 376 g/mol. The van der Waals surface area contributed by atoms with Crippen molar-refractivity contribution in [3.8, 4) is 22.7 Å². The van der Waals surface area contributed by atoms with Gasteiger partial charge in [0.2, 0.25) is 0 Å². The maximum atomic E-state index is 6.06. The van der Waals surface area contributed by atoms with E-state index >= 15 is 0 Å². The van der Waals surface area contributed by atoms with E-state index in [1.807, 2.05) is 55.5 Å². The normalized spacial score (nSPS) is 12.2. The Bertz CT molecular complexity index is 1070. The molecule has 2 aromatic heterocycles. The summed E-state index contributed by atoms with van der Waals surface area (Å²) in [5.74, 6) is 1.63. The van der Waals surface area contributed by atoms with Gasteiger partial charge in [0, 0.05) is 16.1 Å². The molecule has 7 heteroatoms. The Morgan fingerprint density at radius 2 is 1.82 bits per heavy atom. The first-order valence-corrected chi connectivity index (χ1v) is 9.38. The van der Waals surface area contributed by atoms with Gasteiger partial charge in [-0.25, -0.2) is 0 Å². The molecule has 0 saturated carbocycles. The lowest BCUT2D eigenvalue weighted by Gasteiger charge is -2.11. The molecule has 1 unspecified atom stereocenters. The summed E-state index contributed by atoms with van der Waals surface area (Å²) in [6, 6.07) is 17.7. The SMILES string of the molecule is Cc1onc(-c2ccccc2)c1-c1nnc(C[NH+](C)Cc2cccc(Cl)c2)o1. The predicted molar refractivity (Wildman–Crippen MR) is 106 cm³/mol. The Morgan fingerprint density at radius 3 is 2.61 bits per heavy atom. The Morgan fingerprint density at radius 1 is 1.00 bits per heavy atom. The Hall–Kier alpha value is -2.96. The van der Waals surface area contributed by atoms with Crippen LogP contribution in [0.1, 0.15) is 17.2 Å². The van der Waals surface area contributed by atoms with Gasteiger partial charge in [0.1, 0.15) is 23.6 Å². The second kappa shape index (κ2) is 7.96. The fraction of sp³-hybridized carbons (Fsp3) is 0.190. The highest BCUT2D eigenvalue weighted by Gasteiger charge is 2.22. The van der Waals surface area contributed by atoms with Crippen molar-refractivity contribution in [3.63, 3.8) is 0 Å². The van der Waals surface area contributed by atoms with Crippen LogP contribution >= 0.6 is 11.6 Å². The maximum Gasteiger partial charge on any atom is 0.271 e. The highest BCUT2D eigenvalue weighted by Crippen LogP contribution is 2.33. The van der Waals surface area contributed by atoms with Gasteiger partial charge in [0.05, 0.1) is 7.05 Å². The molecule has 0 saturated heterocycles. The predicted octanol–water partition coefficient (Wildman–Crippen LogP) is 3.57. The summed E-state index contributed by atoms with van der Waals surface area (Å²) in [7, 11) is 2.07. The molecule has 6 nitrogen and oxygen atoms in total. The van der Waals surface area contributed by atoms with Crippen molar-refractivity contribution in [1.29, 1.82) is 0 Å². The average Bonchev–Trinajstić information content (AvgIpc) is 3.28.